The van der Waals surface area contributed by atoms with Gasteiger partial charge in [0.1, 0.15) is 0 Å². The first kappa shape index (κ1) is 14.9. The summed E-state index contributed by atoms with van der Waals surface area (Å²) in [7, 11) is 1.79. The van der Waals surface area contributed by atoms with Crippen LogP contribution in [0.15, 0.2) is 0 Å². The SMILES string of the molecule is CCCC(C)(CNCC)C(C)CCOC. The Balaban J connectivity index is 4.18. The molecule has 2 atom stereocenters. The zero-order valence-corrected chi connectivity index (χ0v) is 11.2. The highest BCUT2D eigenvalue weighted by Gasteiger charge is 2.29. The molecular weight excluding hydrogens is 186 g/mol. The van der Waals surface area contributed by atoms with Gasteiger partial charge in [0.05, 0.1) is 0 Å². The van der Waals surface area contributed by atoms with Gasteiger partial charge in [-0.15, -0.1) is 0 Å². The molecule has 0 radical (unpaired) electrons. The van der Waals surface area contributed by atoms with Gasteiger partial charge >= 0.3 is 0 Å². The lowest BCUT2D eigenvalue weighted by Gasteiger charge is -2.36. The average molecular weight is 215 g/mol. The van der Waals surface area contributed by atoms with Gasteiger partial charge in [-0.3, -0.25) is 0 Å². The van der Waals surface area contributed by atoms with Crippen molar-refractivity contribution in [3.63, 3.8) is 0 Å². The second-order valence-corrected chi connectivity index (χ2v) is 4.87. The molecule has 0 aliphatic rings. The summed E-state index contributed by atoms with van der Waals surface area (Å²) in [4.78, 5) is 0. The van der Waals surface area contributed by atoms with Gasteiger partial charge < -0.3 is 10.1 Å². The van der Waals surface area contributed by atoms with E-state index in [0.717, 1.165) is 25.6 Å². The molecule has 0 saturated heterocycles. The van der Waals surface area contributed by atoms with Gasteiger partial charge in [0, 0.05) is 20.3 Å². The van der Waals surface area contributed by atoms with Crippen LogP contribution in [-0.2, 0) is 4.74 Å². The minimum atomic E-state index is 0.420. The molecule has 0 aromatic carbocycles. The van der Waals surface area contributed by atoms with Crippen molar-refractivity contribution < 1.29 is 4.74 Å². The maximum atomic E-state index is 5.17. The van der Waals surface area contributed by atoms with Crippen molar-refractivity contribution in [2.75, 3.05) is 26.8 Å². The monoisotopic (exact) mass is 215 g/mol. The fourth-order valence-corrected chi connectivity index (χ4v) is 2.13. The zero-order valence-electron chi connectivity index (χ0n) is 11.2. The van der Waals surface area contributed by atoms with Crippen molar-refractivity contribution in [3.8, 4) is 0 Å². The normalized spacial score (nSPS) is 17.4. The molecule has 0 aromatic heterocycles. The van der Waals surface area contributed by atoms with Crippen LogP contribution in [0.25, 0.3) is 0 Å². The van der Waals surface area contributed by atoms with Gasteiger partial charge in [-0.1, -0.05) is 34.1 Å². The Morgan fingerprint density at radius 2 is 2.00 bits per heavy atom. The molecule has 0 saturated carbocycles. The summed E-state index contributed by atoms with van der Waals surface area (Å²) < 4.78 is 5.17. The summed E-state index contributed by atoms with van der Waals surface area (Å²) in [5.41, 5.74) is 0.420. The Labute approximate surface area is 95.8 Å². The molecule has 0 fully saturated rings. The quantitative estimate of drug-likeness (QED) is 0.638. The van der Waals surface area contributed by atoms with E-state index in [1.54, 1.807) is 7.11 Å². The van der Waals surface area contributed by atoms with E-state index in [4.69, 9.17) is 4.74 Å². The Kier molecular flexibility index (Phi) is 8.07. The van der Waals surface area contributed by atoms with Gasteiger partial charge in [-0.25, -0.2) is 0 Å². The second kappa shape index (κ2) is 8.12. The van der Waals surface area contributed by atoms with Gasteiger partial charge in [0.25, 0.3) is 0 Å². The number of hydrogen-bond donors (Lipinski definition) is 1. The fourth-order valence-electron chi connectivity index (χ4n) is 2.13. The van der Waals surface area contributed by atoms with Crippen molar-refractivity contribution >= 4 is 0 Å². The molecule has 0 aliphatic carbocycles. The zero-order chi connectivity index (χ0) is 11.7. The van der Waals surface area contributed by atoms with Gasteiger partial charge in [0.2, 0.25) is 0 Å². The molecule has 2 heteroatoms. The Morgan fingerprint density at radius 3 is 2.47 bits per heavy atom. The largest absolute Gasteiger partial charge is 0.385 e. The van der Waals surface area contributed by atoms with Crippen LogP contribution >= 0.6 is 0 Å². The third-order valence-corrected chi connectivity index (χ3v) is 3.54. The summed E-state index contributed by atoms with van der Waals surface area (Å²) in [6, 6.07) is 0. The van der Waals surface area contributed by atoms with Crippen LogP contribution in [0.1, 0.15) is 47.0 Å². The molecule has 92 valence electrons. The van der Waals surface area contributed by atoms with E-state index in [2.05, 4.69) is 33.0 Å². The topological polar surface area (TPSA) is 21.3 Å². The van der Waals surface area contributed by atoms with Gasteiger partial charge in [-0.05, 0) is 30.7 Å². The van der Waals surface area contributed by atoms with Crippen LogP contribution in [0.3, 0.4) is 0 Å². The number of ether oxygens (including phenoxy) is 1. The first-order valence-corrected chi connectivity index (χ1v) is 6.30. The summed E-state index contributed by atoms with van der Waals surface area (Å²) in [6.45, 7) is 12.3. The summed E-state index contributed by atoms with van der Waals surface area (Å²) in [5.74, 6) is 0.719. The molecule has 2 unspecified atom stereocenters. The van der Waals surface area contributed by atoms with Gasteiger partial charge in [-0.2, -0.15) is 0 Å². The van der Waals surface area contributed by atoms with E-state index >= 15 is 0 Å². The standard InChI is InChI=1S/C13H29NO/c1-6-9-13(4,11-14-7-2)12(3)8-10-15-5/h12,14H,6-11H2,1-5H3. The number of methoxy groups -OCH3 is 1. The molecule has 0 heterocycles. The third kappa shape index (κ3) is 5.53. The molecule has 0 rings (SSSR count). The average Bonchev–Trinajstić information content (AvgIpc) is 2.23. The molecule has 15 heavy (non-hydrogen) atoms. The van der Waals surface area contributed by atoms with Gasteiger partial charge in [0.15, 0.2) is 0 Å². The first-order chi connectivity index (χ1) is 7.10. The molecule has 1 N–H and O–H groups in total. The van der Waals surface area contributed by atoms with E-state index < -0.39 is 0 Å². The van der Waals surface area contributed by atoms with Crippen LogP contribution in [0.5, 0.6) is 0 Å². The minimum Gasteiger partial charge on any atom is -0.385 e. The molecule has 0 aromatic rings. The van der Waals surface area contributed by atoms with Crippen LogP contribution in [-0.4, -0.2) is 26.8 Å². The molecule has 0 aliphatic heterocycles. The highest BCUT2D eigenvalue weighted by molar-refractivity contribution is 4.81. The van der Waals surface area contributed by atoms with Crippen molar-refractivity contribution in [3.05, 3.63) is 0 Å². The molecular formula is C13H29NO. The van der Waals surface area contributed by atoms with Crippen LogP contribution in [0, 0.1) is 11.3 Å². The predicted molar refractivity (Wildman–Crippen MR) is 67.2 cm³/mol. The maximum Gasteiger partial charge on any atom is 0.0465 e. The third-order valence-electron chi connectivity index (χ3n) is 3.54. The summed E-state index contributed by atoms with van der Waals surface area (Å²) in [6.07, 6.45) is 3.72. The highest BCUT2D eigenvalue weighted by Crippen LogP contribution is 2.33. The lowest BCUT2D eigenvalue weighted by Crippen LogP contribution is -2.37. The predicted octanol–water partition coefficient (Wildman–Crippen LogP) is 3.07. The Bertz CT molecular complexity index is 149. The van der Waals surface area contributed by atoms with Crippen LogP contribution in [0.4, 0.5) is 0 Å². The Hall–Kier alpha value is -0.0800. The van der Waals surface area contributed by atoms with E-state index in [1.165, 1.54) is 19.3 Å². The van der Waals surface area contributed by atoms with E-state index in [0.29, 0.717) is 5.41 Å². The fraction of sp³-hybridized carbons (Fsp3) is 1.00. The van der Waals surface area contributed by atoms with E-state index in [1.807, 2.05) is 0 Å². The van der Waals surface area contributed by atoms with E-state index in [-0.39, 0.29) is 0 Å². The van der Waals surface area contributed by atoms with Crippen LogP contribution in [0.2, 0.25) is 0 Å². The molecule has 0 bridgehead atoms. The van der Waals surface area contributed by atoms with Crippen molar-refractivity contribution in [2.45, 2.75) is 47.0 Å². The Morgan fingerprint density at radius 1 is 1.33 bits per heavy atom. The molecule has 0 spiro atoms. The smallest absolute Gasteiger partial charge is 0.0465 e. The minimum absolute atomic E-state index is 0.420. The summed E-state index contributed by atoms with van der Waals surface area (Å²) in [5, 5.41) is 3.49. The van der Waals surface area contributed by atoms with Crippen molar-refractivity contribution in [2.24, 2.45) is 11.3 Å². The molecule has 2 nitrogen and oxygen atoms in total. The maximum absolute atomic E-state index is 5.17. The van der Waals surface area contributed by atoms with Crippen LogP contribution < -0.4 is 5.32 Å². The number of nitrogens with one attached hydrogen (secondary N) is 1. The lowest BCUT2D eigenvalue weighted by atomic mass is 9.73. The first-order valence-electron chi connectivity index (χ1n) is 6.30. The number of hydrogen-bond acceptors (Lipinski definition) is 2. The number of rotatable bonds is 9. The second-order valence-electron chi connectivity index (χ2n) is 4.87. The highest BCUT2D eigenvalue weighted by atomic mass is 16.5. The van der Waals surface area contributed by atoms with Crippen molar-refractivity contribution in [1.29, 1.82) is 0 Å². The molecule has 0 amide bonds. The van der Waals surface area contributed by atoms with Crippen molar-refractivity contribution in [1.82, 2.24) is 5.32 Å². The summed E-state index contributed by atoms with van der Waals surface area (Å²) >= 11 is 0. The van der Waals surface area contributed by atoms with E-state index in [9.17, 15) is 0 Å². The lowest BCUT2D eigenvalue weighted by molar-refractivity contribution is 0.116.